The molecule has 0 radical (unpaired) electrons. The molecule has 4 nitrogen and oxygen atoms in total. The Morgan fingerprint density at radius 3 is 3.12 bits per heavy atom. The Hall–Kier alpha value is -1.55. The molecule has 0 spiro atoms. The Morgan fingerprint density at radius 1 is 1.41 bits per heavy atom. The zero-order valence-electron chi connectivity index (χ0n) is 10.3. The number of aromatic nitrogens is 2. The summed E-state index contributed by atoms with van der Waals surface area (Å²) in [5.41, 5.74) is 3.49. The van der Waals surface area contributed by atoms with Gasteiger partial charge in [0.25, 0.3) is 0 Å². The lowest BCUT2D eigenvalue weighted by atomic mass is 10.2. The molecule has 1 aromatic carbocycles. The quantitative estimate of drug-likeness (QED) is 0.749. The summed E-state index contributed by atoms with van der Waals surface area (Å²) in [5, 5.41) is 0. The maximum Gasteiger partial charge on any atom is 0.112 e. The molecule has 1 fully saturated rings. The lowest BCUT2D eigenvalue weighted by Crippen LogP contribution is -2.41. The van der Waals surface area contributed by atoms with Gasteiger partial charge in [0.2, 0.25) is 0 Å². The molecule has 0 N–H and O–H groups in total. The number of morpholine rings is 1. The van der Waals surface area contributed by atoms with Crippen molar-refractivity contribution in [3.63, 3.8) is 0 Å². The van der Waals surface area contributed by atoms with Crippen molar-refractivity contribution in [2.45, 2.75) is 13.0 Å². The fourth-order valence-electron chi connectivity index (χ4n) is 2.44. The number of hydrogen-bond acceptors (Lipinski definition) is 3. The molecule has 1 aromatic heterocycles. The summed E-state index contributed by atoms with van der Waals surface area (Å²) in [6.45, 7) is 4.80. The summed E-state index contributed by atoms with van der Waals surface area (Å²) in [7, 11) is 2.03. The van der Waals surface area contributed by atoms with Gasteiger partial charge in [0.15, 0.2) is 0 Å². The van der Waals surface area contributed by atoms with E-state index in [-0.39, 0.29) is 0 Å². The van der Waals surface area contributed by atoms with Gasteiger partial charge in [0, 0.05) is 20.1 Å². The predicted molar refractivity (Wildman–Crippen MR) is 68.3 cm³/mol. The van der Waals surface area contributed by atoms with Crippen molar-refractivity contribution in [3.8, 4) is 0 Å². The van der Waals surface area contributed by atoms with Gasteiger partial charge in [0.1, 0.15) is 5.52 Å². The molecule has 1 saturated heterocycles. The molecule has 2 aromatic rings. The minimum absolute atomic E-state index is 0.294. The van der Waals surface area contributed by atoms with Crippen LogP contribution in [0.3, 0.4) is 0 Å². The first-order valence-corrected chi connectivity index (χ1v) is 6.02. The zero-order chi connectivity index (χ0) is 11.8. The van der Waals surface area contributed by atoms with Crippen LogP contribution >= 0.6 is 0 Å². The van der Waals surface area contributed by atoms with Crippen LogP contribution in [0.5, 0.6) is 0 Å². The SMILES string of the molecule is C[C@H]1CN(c2cccc3c2ncn3C)CCO1. The van der Waals surface area contributed by atoms with Gasteiger partial charge in [-0.15, -0.1) is 0 Å². The summed E-state index contributed by atoms with van der Waals surface area (Å²) in [5.74, 6) is 0. The number of imidazole rings is 1. The number of aryl methyl sites for hydroxylation is 1. The van der Waals surface area contributed by atoms with E-state index in [0.717, 1.165) is 25.2 Å². The van der Waals surface area contributed by atoms with E-state index in [2.05, 4.69) is 39.6 Å². The van der Waals surface area contributed by atoms with Crippen LogP contribution in [-0.2, 0) is 11.8 Å². The van der Waals surface area contributed by atoms with E-state index in [4.69, 9.17) is 4.74 Å². The van der Waals surface area contributed by atoms with Crippen LogP contribution < -0.4 is 4.90 Å². The third-order valence-corrected chi connectivity index (χ3v) is 3.32. The zero-order valence-corrected chi connectivity index (χ0v) is 10.3. The van der Waals surface area contributed by atoms with E-state index in [0.29, 0.717) is 6.10 Å². The summed E-state index contributed by atoms with van der Waals surface area (Å²) >= 11 is 0. The van der Waals surface area contributed by atoms with Crippen LogP contribution in [-0.4, -0.2) is 35.4 Å². The van der Waals surface area contributed by atoms with Crippen molar-refractivity contribution in [3.05, 3.63) is 24.5 Å². The predicted octanol–water partition coefficient (Wildman–Crippen LogP) is 1.80. The normalized spacial score (nSPS) is 21.1. The van der Waals surface area contributed by atoms with Crippen LogP contribution in [0.15, 0.2) is 24.5 Å². The van der Waals surface area contributed by atoms with Gasteiger partial charge < -0.3 is 14.2 Å². The highest BCUT2D eigenvalue weighted by Crippen LogP contribution is 2.26. The largest absolute Gasteiger partial charge is 0.375 e. The molecule has 4 heteroatoms. The van der Waals surface area contributed by atoms with E-state index in [1.54, 1.807) is 0 Å². The Labute approximate surface area is 101 Å². The Balaban J connectivity index is 2.04. The second-order valence-corrected chi connectivity index (χ2v) is 4.63. The number of rotatable bonds is 1. The fourth-order valence-corrected chi connectivity index (χ4v) is 2.44. The van der Waals surface area contributed by atoms with Gasteiger partial charge in [0.05, 0.1) is 30.2 Å². The molecule has 0 saturated carbocycles. The van der Waals surface area contributed by atoms with Crippen molar-refractivity contribution in [1.82, 2.24) is 9.55 Å². The van der Waals surface area contributed by atoms with Gasteiger partial charge >= 0.3 is 0 Å². The molecule has 3 rings (SSSR count). The summed E-state index contributed by atoms with van der Waals surface area (Å²) in [6, 6.07) is 6.35. The van der Waals surface area contributed by atoms with Crippen LogP contribution in [0.25, 0.3) is 11.0 Å². The first kappa shape index (κ1) is 10.6. The molecule has 90 valence electrons. The van der Waals surface area contributed by atoms with Crippen LogP contribution in [0.1, 0.15) is 6.92 Å². The van der Waals surface area contributed by atoms with Crippen molar-refractivity contribution in [2.75, 3.05) is 24.6 Å². The highest BCUT2D eigenvalue weighted by Gasteiger charge is 2.19. The van der Waals surface area contributed by atoms with Crippen molar-refractivity contribution in [1.29, 1.82) is 0 Å². The monoisotopic (exact) mass is 231 g/mol. The Morgan fingerprint density at radius 2 is 2.29 bits per heavy atom. The molecule has 0 aliphatic carbocycles. The lowest BCUT2D eigenvalue weighted by Gasteiger charge is -2.33. The molecule has 0 bridgehead atoms. The van der Waals surface area contributed by atoms with E-state index in [1.165, 1.54) is 11.2 Å². The van der Waals surface area contributed by atoms with Crippen LogP contribution in [0.2, 0.25) is 0 Å². The van der Waals surface area contributed by atoms with Crippen LogP contribution in [0.4, 0.5) is 5.69 Å². The minimum Gasteiger partial charge on any atom is -0.375 e. The molecular formula is C13H17N3O. The molecule has 0 amide bonds. The summed E-state index contributed by atoms with van der Waals surface area (Å²) in [6.07, 6.45) is 2.17. The molecule has 17 heavy (non-hydrogen) atoms. The van der Waals surface area contributed by atoms with Gasteiger partial charge in [-0.3, -0.25) is 0 Å². The highest BCUT2D eigenvalue weighted by molar-refractivity contribution is 5.89. The molecule has 1 aliphatic heterocycles. The molecular weight excluding hydrogens is 214 g/mol. The molecule has 1 aliphatic rings. The first-order chi connectivity index (χ1) is 8.25. The standard InChI is InChI=1S/C13H17N3O/c1-10-8-16(6-7-17-10)12-5-3-4-11-13(12)14-9-15(11)2/h3-5,9-10H,6-8H2,1-2H3/t10-/m0/s1. The van der Waals surface area contributed by atoms with Crippen LogP contribution in [0, 0.1) is 0 Å². The highest BCUT2D eigenvalue weighted by atomic mass is 16.5. The van der Waals surface area contributed by atoms with Gasteiger partial charge in [-0.25, -0.2) is 4.98 Å². The second-order valence-electron chi connectivity index (χ2n) is 4.63. The van der Waals surface area contributed by atoms with Crippen molar-refractivity contribution < 1.29 is 4.74 Å². The Kier molecular flexibility index (Phi) is 2.52. The van der Waals surface area contributed by atoms with E-state index >= 15 is 0 Å². The average molecular weight is 231 g/mol. The van der Waals surface area contributed by atoms with Crippen molar-refractivity contribution in [2.24, 2.45) is 7.05 Å². The minimum atomic E-state index is 0.294. The number of hydrogen-bond donors (Lipinski definition) is 0. The number of nitrogens with zero attached hydrogens (tertiary/aromatic N) is 3. The van der Waals surface area contributed by atoms with Gasteiger partial charge in [-0.1, -0.05) is 6.07 Å². The maximum absolute atomic E-state index is 5.58. The topological polar surface area (TPSA) is 30.3 Å². The third-order valence-electron chi connectivity index (χ3n) is 3.32. The Bertz CT molecular complexity index is 534. The maximum atomic E-state index is 5.58. The number of ether oxygens (including phenoxy) is 1. The average Bonchev–Trinajstić information content (AvgIpc) is 2.71. The lowest BCUT2D eigenvalue weighted by molar-refractivity contribution is 0.0533. The first-order valence-electron chi connectivity index (χ1n) is 6.02. The molecule has 0 unspecified atom stereocenters. The second kappa shape index (κ2) is 4.04. The molecule has 1 atom stereocenters. The van der Waals surface area contributed by atoms with Gasteiger partial charge in [-0.2, -0.15) is 0 Å². The summed E-state index contributed by atoms with van der Waals surface area (Å²) < 4.78 is 7.64. The fraction of sp³-hybridized carbons (Fsp3) is 0.462. The smallest absolute Gasteiger partial charge is 0.112 e. The van der Waals surface area contributed by atoms with Crippen molar-refractivity contribution >= 4 is 16.7 Å². The van der Waals surface area contributed by atoms with Gasteiger partial charge in [-0.05, 0) is 19.1 Å². The van der Waals surface area contributed by atoms with E-state index in [1.807, 2.05) is 13.4 Å². The number of benzene rings is 1. The van der Waals surface area contributed by atoms with E-state index < -0.39 is 0 Å². The van der Waals surface area contributed by atoms with E-state index in [9.17, 15) is 0 Å². The summed E-state index contributed by atoms with van der Waals surface area (Å²) in [4.78, 5) is 6.86. The third kappa shape index (κ3) is 1.78. The number of para-hydroxylation sites is 1. The number of fused-ring (bicyclic) bond motifs is 1. The molecule has 2 heterocycles. The number of anilines is 1.